The third-order valence-electron chi connectivity index (χ3n) is 4.61. The van der Waals surface area contributed by atoms with Crippen molar-refractivity contribution in [1.29, 1.82) is 0 Å². The molecule has 0 N–H and O–H groups in total. The number of nitro groups is 1. The van der Waals surface area contributed by atoms with E-state index in [9.17, 15) is 14.9 Å². The van der Waals surface area contributed by atoms with Crippen molar-refractivity contribution < 1.29 is 18.9 Å². The van der Waals surface area contributed by atoms with Crippen molar-refractivity contribution in [2.24, 2.45) is 0 Å². The summed E-state index contributed by atoms with van der Waals surface area (Å²) in [6, 6.07) is 20.0. The zero-order valence-electron chi connectivity index (χ0n) is 16.6. The van der Waals surface area contributed by atoms with Crippen LogP contribution < -0.4 is 4.74 Å². The van der Waals surface area contributed by atoms with Crippen LogP contribution in [0.25, 0.3) is 22.7 Å². The molecule has 4 aromatic rings. The van der Waals surface area contributed by atoms with Gasteiger partial charge in [0.15, 0.2) is 11.4 Å². The summed E-state index contributed by atoms with van der Waals surface area (Å²) in [5.74, 6) is 0.554. The van der Waals surface area contributed by atoms with Crippen LogP contribution in [0.5, 0.6) is 5.75 Å². The molecule has 0 radical (unpaired) electrons. The quantitative estimate of drug-likeness (QED) is 0.170. The number of benzene rings is 3. The molecule has 0 aliphatic heterocycles. The first-order valence-electron chi connectivity index (χ1n) is 9.65. The molecule has 1 heterocycles. The number of allylic oxidation sites excluding steroid dienone is 1. The van der Waals surface area contributed by atoms with E-state index >= 15 is 0 Å². The first kappa shape index (κ1) is 20.0. The maximum absolute atomic E-state index is 13.3. The summed E-state index contributed by atoms with van der Waals surface area (Å²) < 4.78 is 11.3. The lowest BCUT2D eigenvalue weighted by Crippen LogP contribution is -2.03. The molecule has 0 amide bonds. The lowest BCUT2D eigenvalue weighted by Gasteiger charge is -2.06. The number of para-hydroxylation sites is 2. The molecule has 1 aromatic heterocycles. The molecule has 7 heteroatoms. The number of ether oxygens (including phenoxy) is 1. The van der Waals surface area contributed by atoms with Gasteiger partial charge in [-0.15, -0.1) is 0 Å². The Hall–Kier alpha value is -4.26. The molecule has 0 fully saturated rings. The molecule has 0 saturated carbocycles. The van der Waals surface area contributed by atoms with Gasteiger partial charge in [0.2, 0.25) is 5.89 Å². The standard InChI is InChI=1S/C24H18N2O5/c1-2-30-19-13-7-16(8-14-19)15-20(24-25-21-5-3-4-6-22(21)31-24)23(27)17-9-11-18(12-10-17)26(28)29/h3-15H,2H2,1H3/b20-15-. The van der Waals surface area contributed by atoms with E-state index in [0.717, 1.165) is 11.3 Å². The molecule has 0 aliphatic rings. The van der Waals surface area contributed by atoms with Crippen molar-refractivity contribution in [3.8, 4) is 5.75 Å². The molecule has 4 rings (SSSR count). The molecule has 0 atom stereocenters. The second kappa shape index (κ2) is 8.62. The number of rotatable bonds is 7. The summed E-state index contributed by atoms with van der Waals surface area (Å²) >= 11 is 0. The van der Waals surface area contributed by atoms with Crippen molar-refractivity contribution in [2.75, 3.05) is 6.61 Å². The molecule has 3 aromatic carbocycles. The molecule has 154 valence electrons. The highest BCUT2D eigenvalue weighted by Gasteiger charge is 2.21. The second-order valence-corrected chi connectivity index (χ2v) is 6.68. The summed E-state index contributed by atoms with van der Waals surface area (Å²) in [6.07, 6.45) is 1.68. The molecule has 0 unspecified atom stereocenters. The Balaban J connectivity index is 1.77. The van der Waals surface area contributed by atoms with Gasteiger partial charge in [-0.1, -0.05) is 24.3 Å². The molecule has 31 heavy (non-hydrogen) atoms. The SMILES string of the molecule is CCOc1ccc(/C=C(/C(=O)c2ccc([N+](=O)[O-])cc2)c2nc3ccccc3o2)cc1. The molecular weight excluding hydrogens is 396 g/mol. The van der Waals surface area contributed by atoms with Gasteiger partial charge in [0.25, 0.3) is 5.69 Å². The molecule has 0 bridgehead atoms. The first-order valence-corrected chi connectivity index (χ1v) is 9.65. The van der Waals surface area contributed by atoms with Crippen LogP contribution in [0.3, 0.4) is 0 Å². The number of aromatic nitrogens is 1. The average Bonchev–Trinajstić information content (AvgIpc) is 3.22. The Morgan fingerprint density at radius 2 is 1.77 bits per heavy atom. The fourth-order valence-electron chi connectivity index (χ4n) is 3.10. The normalized spacial score (nSPS) is 11.5. The molecule has 7 nitrogen and oxygen atoms in total. The van der Waals surface area contributed by atoms with E-state index in [-0.39, 0.29) is 22.9 Å². The summed E-state index contributed by atoms with van der Waals surface area (Å²) in [5, 5.41) is 10.9. The fourth-order valence-corrected chi connectivity index (χ4v) is 3.10. The van der Waals surface area contributed by atoms with Crippen LogP contribution in [0.1, 0.15) is 28.7 Å². The summed E-state index contributed by atoms with van der Waals surface area (Å²) in [6.45, 7) is 2.46. The van der Waals surface area contributed by atoms with Crippen LogP contribution >= 0.6 is 0 Å². The minimum Gasteiger partial charge on any atom is -0.494 e. The summed E-state index contributed by atoms with van der Waals surface area (Å²) in [5.41, 5.74) is 2.41. The minimum atomic E-state index is -0.508. The van der Waals surface area contributed by atoms with Crippen LogP contribution in [0, 0.1) is 10.1 Å². The highest BCUT2D eigenvalue weighted by molar-refractivity contribution is 6.31. The van der Waals surface area contributed by atoms with Crippen molar-refractivity contribution in [3.63, 3.8) is 0 Å². The number of nitro benzene ring substituents is 1. The molecular formula is C24H18N2O5. The number of nitrogens with zero attached hydrogens (tertiary/aromatic N) is 2. The Bertz CT molecular complexity index is 1240. The zero-order valence-corrected chi connectivity index (χ0v) is 16.6. The Morgan fingerprint density at radius 3 is 2.42 bits per heavy atom. The van der Waals surface area contributed by atoms with Gasteiger partial charge in [-0.3, -0.25) is 14.9 Å². The van der Waals surface area contributed by atoms with Gasteiger partial charge in [-0.05, 0) is 55.0 Å². The number of fused-ring (bicyclic) bond motifs is 1. The van der Waals surface area contributed by atoms with Gasteiger partial charge in [0.05, 0.1) is 17.1 Å². The third kappa shape index (κ3) is 4.35. The monoisotopic (exact) mass is 414 g/mol. The van der Waals surface area contributed by atoms with E-state index in [2.05, 4.69) is 4.98 Å². The molecule has 0 saturated heterocycles. The Kier molecular flexibility index (Phi) is 5.57. The topological polar surface area (TPSA) is 95.5 Å². The highest BCUT2D eigenvalue weighted by Crippen LogP contribution is 2.27. The van der Waals surface area contributed by atoms with Gasteiger partial charge in [-0.25, -0.2) is 4.98 Å². The van der Waals surface area contributed by atoms with E-state index in [0.29, 0.717) is 23.3 Å². The van der Waals surface area contributed by atoms with Crippen LogP contribution in [0.2, 0.25) is 0 Å². The number of non-ortho nitro benzene ring substituents is 1. The number of hydrogen-bond donors (Lipinski definition) is 0. The van der Waals surface area contributed by atoms with Crippen LogP contribution in [-0.2, 0) is 0 Å². The maximum atomic E-state index is 13.3. The van der Waals surface area contributed by atoms with E-state index in [1.807, 2.05) is 43.3 Å². The Morgan fingerprint density at radius 1 is 1.06 bits per heavy atom. The highest BCUT2D eigenvalue weighted by atomic mass is 16.6. The summed E-state index contributed by atoms with van der Waals surface area (Å²) in [4.78, 5) is 28.2. The van der Waals surface area contributed by atoms with E-state index in [1.165, 1.54) is 24.3 Å². The number of carbonyl (C=O) groups is 1. The number of hydrogen-bond acceptors (Lipinski definition) is 6. The van der Waals surface area contributed by atoms with E-state index in [4.69, 9.17) is 9.15 Å². The average molecular weight is 414 g/mol. The molecule has 0 spiro atoms. The van der Waals surface area contributed by atoms with Crippen LogP contribution in [0.15, 0.2) is 77.2 Å². The van der Waals surface area contributed by atoms with Crippen molar-refractivity contribution >= 4 is 34.2 Å². The van der Waals surface area contributed by atoms with E-state index in [1.54, 1.807) is 18.2 Å². The molecule has 0 aliphatic carbocycles. The van der Waals surface area contributed by atoms with Gasteiger partial charge < -0.3 is 9.15 Å². The Labute approximate surface area is 177 Å². The lowest BCUT2D eigenvalue weighted by molar-refractivity contribution is -0.384. The number of carbonyl (C=O) groups excluding carboxylic acids is 1. The summed E-state index contributed by atoms with van der Waals surface area (Å²) in [7, 11) is 0. The van der Waals surface area contributed by atoms with Gasteiger partial charge in [0, 0.05) is 17.7 Å². The van der Waals surface area contributed by atoms with Gasteiger partial charge in [-0.2, -0.15) is 0 Å². The van der Waals surface area contributed by atoms with Crippen LogP contribution in [-0.4, -0.2) is 22.3 Å². The fraction of sp³-hybridized carbons (Fsp3) is 0.0833. The predicted molar refractivity (Wildman–Crippen MR) is 117 cm³/mol. The lowest BCUT2D eigenvalue weighted by atomic mass is 10.0. The second-order valence-electron chi connectivity index (χ2n) is 6.68. The number of Topliss-reactive ketones (excluding diaryl/α,β-unsaturated/α-hetero) is 1. The first-order chi connectivity index (χ1) is 15.0. The van der Waals surface area contributed by atoms with Crippen LogP contribution in [0.4, 0.5) is 5.69 Å². The van der Waals surface area contributed by atoms with Crippen molar-refractivity contribution in [2.45, 2.75) is 6.92 Å². The maximum Gasteiger partial charge on any atom is 0.269 e. The largest absolute Gasteiger partial charge is 0.494 e. The number of oxazole rings is 1. The van der Waals surface area contributed by atoms with Crippen molar-refractivity contribution in [1.82, 2.24) is 4.98 Å². The smallest absolute Gasteiger partial charge is 0.269 e. The van der Waals surface area contributed by atoms with Crippen molar-refractivity contribution in [3.05, 3.63) is 99.9 Å². The zero-order chi connectivity index (χ0) is 21.8. The minimum absolute atomic E-state index is 0.0875. The van der Waals surface area contributed by atoms with Gasteiger partial charge >= 0.3 is 0 Å². The number of ketones is 1. The predicted octanol–water partition coefficient (Wildman–Crippen LogP) is 5.56. The van der Waals surface area contributed by atoms with E-state index < -0.39 is 4.92 Å². The third-order valence-corrected chi connectivity index (χ3v) is 4.61. The van der Waals surface area contributed by atoms with Gasteiger partial charge in [0.1, 0.15) is 11.3 Å².